The van der Waals surface area contributed by atoms with Gasteiger partial charge in [-0.1, -0.05) is 12.1 Å². The molecule has 53 valence electrons. The fourth-order valence-electron chi connectivity index (χ4n) is 0.780. The van der Waals surface area contributed by atoms with E-state index < -0.39 is 0 Å². The van der Waals surface area contributed by atoms with Gasteiger partial charge in [-0.05, 0) is 17.7 Å². The van der Waals surface area contributed by atoms with E-state index in [9.17, 15) is 4.79 Å². The minimum atomic E-state index is 0.297. The van der Waals surface area contributed by atoms with Crippen LogP contribution in [0.4, 0.5) is 0 Å². The first-order chi connectivity index (χ1) is 5.36. The lowest BCUT2D eigenvalue weighted by Crippen LogP contribution is -1.84. The Balaban J connectivity index is 2.84. The number of hydrogen-bond acceptors (Lipinski definition) is 2. The lowest BCUT2D eigenvalue weighted by Gasteiger charge is -1.92. The third kappa shape index (κ3) is 1.91. The second-order valence-corrected chi connectivity index (χ2v) is 2.13. The van der Waals surface area contributed by atoms with Crippen molar-refractivity contribution in [3.63, 3.8) is 0 Å². The van der Waals surface area contributed by atoms with Gasteiger partial charge in [0.05, 0.1) is 11.6 Å². The molecule has 0 aliphatic heterocycles. The molecule has 0 bridgehead atoms. The summed E-state index contributed by atoms with van der Waals surface area (Å²) in [6.45, 7) is 0. The molecule has 1 aromatic carbocycles. The molecule has 0 heterocycles. The molecule has 11 heavy (non-hydrogen) atoms. The van der Waals surface area contributed by atoms with Crippen molar-refractivity contribution in [2.24, 2.45) is 0 Å². The van der Waals surface area contributed by atoms with E-state index in [2.05, 4.69) is 0 Å². The van der Waals surface area contributed by atoms with Gasteiger partial charge in [0.1, 0.15) is 0 Å². The van der Waals surface area contributed by atoms with E-state index in [1.54, 1.807) is 30.6 Å². The smallest absolute Gasteiger partial charge is 0.203 e. The van der Waals surface area contributed by atoms with Gasteiger partial charge in [0.25, 0.3) is 0 Å². The van der Waals surface area contributed by atoms with Gasteiger partial charge < -0.3 is 0 Å². The predicted octanol–water partition coefficient (Wildman–Crippen LogP) is 1.21. The summed E-state index contributed by atoms with van der Waals surface area (Å²) in [5.74, 6) is 0. The molecule has 0 saturated carbocycles. The van der Waals surface area contributed by atoms with Crippen LogP contribution < -0.4 is 0 Å². The zero-order chi connectivity index (χ0) is 8.10. The molecule has 0 saturated heterocycles. The summed E-state index contributed by atoms with van der Waals surface area (Å²) >= 11 is 0. The van der Waals surface area contributed by atoms with Crippen molar-refractivity contribution in [1.29, 1.82) is 5.26 Å². The van der Waals surface area contributed by atoms with E-state index in [0.717, 1.165) is 5.56 Å². The van der Waals surface area contributed by atoms with Crippen LogP contribution in [0, 0.1) is 11.3 Å². The Kier molecular flexibility index (Phi) is 2.40. The largest absolute Gasteiger partial charge is 0.291 e. The van der Waals surface area contributed by atoms with Crippen LogP contribution in [0.15, 0.2) is 24.3 Å². The zero-order valence-corrected chi connectivity index (χ0v) is 5.87. The Labute approximate surface area is 65.1 Å². The third-order valence-electron chi connectivity index (χ3n) is 1.36. The van der Waals surface area contributed by atoms with Gasteiger partial charge in [0, 0.05) is 6.42 Å². The molecule has 1 aromatic rings. The molecule has 0 N–H and O–H groups in total. The van der Waals surface area contributed by atoms with Crippen molar-refractivity contribution in [3.05, 3.63) is 35.4 Å². The Morgan fingerprint density at radius 1 is 1.27 bits per heavy atom. The standard InChI is InChI=1S/C9H6NO/c10-7-9-3-1-8(2-4-9)5-6-11/h1-4H,5H2. The monoisotopic (exact) mass is 144 g/mol. The lowest BCUT2D eigenvalue weighted by atomic mass is 10.1. The lowest BCUT2D eigenvalue weighted by molar-refractivity contribution is 0.555. The number of carbonyl (C=O) groups excluding carboxylic acids is 1. The first-order valence-electron chi connectivity index (χ1n) is 3.21. The van der Waals surface area contributed by atoms with Gasteiger partial charge in [-0.3, -0.25) is 4.79 Å². The maximum atomic E-state index is 9.94. The Morgan fingerprint density at radius 2 is 1.91 bits per heavy atom. The highest BCUT2D eigenvalue weighted by Crippen LogP contribution is 2.02. The molecular weight excluding hydrogens is 138 g/mol. The van der Waals surface area contributed by atoms with Crippen LogP contribution in [0.1, 0.15) is 11.1 Å². The van der Waals surface area contributed by atoms with E-state index >= 15 is 0 Å². The maximum absolute atomic E-state index is 9.94. The van der Waals surface area contributed by atoms with Crippen molar-refractivity contribution in [2.75, 3.05) is 0 Å². The van der Waals surface area contributed by atoms with Crippen LogP contribution in [0.25, 0.3) is 0 Å². The summed E-state index contributed by atoms with van der Waals surface area (Å²) in [7, 11) is 0. The van der Waals surface area contributed by atoms with Crippen LogP contribution in [-0.2, 0) is 11.2 Å². The molecule has 0 aliphatic carbocycles. The summed E-state index contributed by atoms with van der Waals surface area (Å²) in [5.41, 5.74) is 1.50. The summed E-state index contributed by atoms with van der Waals surface area (Å²) in [5, 5.41) is 8.43. The van der Waals surface area contributed by atoms with E-state index in [4.69, 9.17) is 5.26 Å². The van der Waals surface area contributed by atoms with Crippen LogP contribution >= 0.6 is 0 Å². The molecule has 0 aromatic heterocycles. The van der Waals surface area contributed by atoms with Crippen LogP contribution in [0.2, 0.25) is 0 Å². The summed E-state index contributed by atoms with van der Waals surface area (Å²) < 4.78 is 0. The topological polar surface area (TPSA) is 40.9 Å². The molecule has 1 radical (unpaired) electrons. The first kappa shape index (κ1) is 7.49. The highest BCUT2D eigenvalue weighted by atomic mass is 16.1. The molecule has 2 nitrogen and oxygen atoms in total. The van der Waals surface area contributed by atoms with Gasteiger partial charge in [-0.25, -0.2) is 0 Å². The SMILES string of the molecule is N#Cc1ccc(C[C]=O)cc1. The van der Waals surface area contributed by atoms with Gasteiger partial charge in [-0.2, -0.15) is 5.26 Å². The average Bonchev–Trinajstić information content (AvgIpc) is 2.07. The number of rotatable bonds is 2. The average molecular weight is 144 g/mol. The number of nitrogens with zero attached hydrogens (tertiary/aromatic N) is 1. The van der Waals surface area contributed by atoms with E-state index in [1.807, 2.05) is 6.07 Å². The number of hydrogen-bond donors (Lipinski definition) is 0. The zero-order valence-electron chi connectivity index (χ0n) is 5.87. The van der Waals surface area contributed by atoms with Crippen LogP contribution in [0.3, 0.4) is 0 Å². The first-order valence-corrected chi connectivity index (χ1v) is 3.21. The molecular formula is C9H6NO. The Morgan fingerprint density at radius 3 is 2.36 bits per heavy atom. The number of nitriles is 1. The molecule has 1 rings (SSSR count). The van der Waals surface area contributed by atoms with Crippen molar-refractivity contribution >= 4 is 6.29 Å². The molecule has 0 fully saturated rings. The minimum absolute atomic E-state index is 0.297. The van der Waals surface area contributed by atoms with Crippen LogP contribution in [0.5, 0.6) is 0 Å². The summed E-state index contributed by atoms with van der Waals surface area (Å²) in [6.07, 6.45) is 2.09. The summed E-state index contributed by atoms with van der Waals surface area (Å²) in [4.78, 5) is 9.94. The third-order valence-corrected chi connectivity index (χ3v) is 1.36. The highest BCUT2D eigenvalue weighted by molar-refractivity contribution is 5.55. The van der Waals surface area contributed by atoms with Gasteiger partial charge in [0.2, 0.25) is 6.29 Å². The molecule has 2 heteroatoms. The van der Waals surface area contributed by atoms with E-state index in [1.165, 1.54) is 0 Å². The fraction of sp³-hybridized carbons (Fsp3) is 0.111. The minimum Gasteiger partial charge on any atom is -0.291 e. The van der Waals surface area contributed by atoms with E-state index in [0.29, 0.717) is 12.0 Å². The molecule has 0 unspecified atom stereocenters. The van der Waals surface area contributed by atoms with E-state index in [-0.39, 0.29) is 0 Å². The van der Waals surface area contributed by atoms with Crippen molar-refractivity contribution in [2.45, 2.75) is 6.42 Å². The predicted molar refractivity (Wildman–Crippen MR) is 40.6 cm³/mol. The number of benzene rings is 1. The Bertz CT molecular complexity index is 281. The van der Waals surface area contributed by atoms with Crippen LogP contribution in [-0.4, -0.2) is 6.29 Å². The summed E-state index contributed by atoms with van der Waals surface area (Å²) in [6, 6.07) is 8.88. The second-order valence-electron chi connectivity index (χ2n) is 2.13. The molecule has 0 aliphatic rings. The molecule has 0 amide bonds. The maximum Gasteiger partial charge on any atom is 0.203 e. The highest BCUT2D eigenvalue weighted by Gasteiger charge is 1.91. The molecule has 0 atom stereocenters. The second kappa shape index (κ2) is 3.52. The van der Waals surface area contributed by atoms with Gasteiger partial charge in [-0.15, -0.1) is 0 Å². The molecule has 0 spiro atoms. The van der Waals surface area contributed by atoms with Crippen molar-refractivity contribution in [3.8, 4) is 6.07 Å². The van der Waals surface area contributed by atoms with Gasteiger partial charge in [0.15, 0.2) is 0 Å². The quantitative estimate of drug-likeness (QED) is 0.626. The fourth-order valence-corrected chi connectivity index (χ4v) is 0.780. The van der Waals surface area contributed by atoms with Crippen molar-refractivity contribution < 1.29 is 4.79 Å². The normalized spacial score (nSPS) is 8.64. The van der Waals surface area contributed by atoms with Gasteiger partial charge >= 0.3 is 0 Å². The van der Waals surface area contributed by atoms with Crippen molar-refractivity contribution in [1.82, 2.24) is 0 Å². The Hall–Kier alpha value is -1.62.